The molecule has 2 aromatic heterocycles. The van der Waals surface area contributed by atoms with Gasteiger partial charge in [0.05, 0.1) is 5.56 Å². The van der Waals surface area contributed by atoms with Crippen LogP contribution in [0.3, 0.4) is 0 Å². The third-order valence-corrected chi connectivity index (χ3v) is 4.17. The van der Waals surface area contributed by atoms with E-state index in [2.05, 4.69) is 4.98 Å². The van der Waals surface area contributed by atoms with Crippen LogP contribution < -0.4 is 5.56 Å². The van der Waals surface area contributed by atoms with Crippen LogP contribution in [0, 0.1) is 6.92 Å². The first-order valence-corrected chi connectivity index (χ1v) is 7.17. The van der Waals surface area contributed by atoms with Crippen molar-refractivity contribution in [2.24, 2.45) is 0 Å². The summed E-state index contributed by atoms with van der Waals surface area (Å²) in [4.78, 5) is 28.3. The van der Waals surface area contributed by atoms with Crippen molar-refractivity contribution in [3.05, 3.63) is 28.0 Å². The largest absolute Gasteiger partial charge is 0.442 e. The molecular weight excluding hydrogens is 280 g/mol. The van der Waals surface area contributed by atoms with Crippen molar-refractivity contribution < 1.29 is 9.21 Å². The number of hydrogen-bond donors (Lipinski definition) is 0. The van der Waals surface area contributed by atoms with E-state index in [-0.39, 0.29) is 28.3 Å². The molecule has 0 amide bonds. The van der Waals surface area contributed by atoms with E-state index >= 15 is 0 Å². The van der Waals surface area contributed by atoms with Gasteiger partial charge in [0.2, 0.25) is 5.71 Å². The number of hydrogen-bond acceptors (Lipinski definition) is 4. The van der Waals surface area contributed by atoms with Gasteiger partial charge in [0.15, 0.2) is 0 Å². The van der Waals surface area contributed by atoms with Crippen LogP contribution in [0.1, 0.15) is 54.3 Å². The predicted octanol–water partition coefficient (Wildman–Crippen LogP) is 3.18. The van der Waals surface area contributed by atoms with Gasteiger partial charge in [-0.3, -0.25) is 14.2 Å². The van der Waals surface area contributed by atoms with E-state index in [0.29, 0.717) is 5.76 Å². The Morgan fingerprint density at radius 2 is 2.10 bits per heavy atom. The molecule has 1 aliphatic carbocycles. The summed E-state index contributed by atoms with van der Waals surface area (Å²) in [5, 5.41) is -0.475. The van der Waals surface area contributed by atoms with E-state index in [4.69, 9.17) is 16.0 Å². The minimum absolute atomic E-state index is 0.143. The Bertz CT molecular complexity index is 726. The molecule has 0 aromatic carbocycles. The number of nitrogens with zero attached hydrogens (tertiary/aromatic N) is 2. The molecule has 0 unspecified atom stereocenters. The smallest absolute Gasteiger partial charge is 0.265 e. The molecule has 1 aliphatic rings. The third kappa shape index (κ3) is 2.06. The van der Waals surface area contributed by atoms with Gasteiger partial charge in [-0.15, -0.1) is 0 Å². The molecule has 0 bridgehead atoms. The first-order valence-electron chi connectivity index (χ1n) is 6.79. The standard InChI is InChI=1S/C14H15ClN2O3/c1-8-10(12(15)18)11-13(20-8)16-7-17(14(11)19)9-5-3-2-4-6-9/h7,9H,2-6H2,1H3. The molecule has 20 heavy (non-hydrogen) atoms. The third-order valence-electron chi connectivity index (χ3n) is 3.98. The number of fused-ring (bicyclic) bond motifs is 1. The number of aromatic nitrogens is 2. The molecule has 0 aliphatic heterocycles. The van der Waals surface area contributed by atoms with Gasteiger partial charge in [-0.1, -0.05) is 19.3 Å². The lowest BCUT2D eigenvalue weighted by atomic mass is 9.95. The Balaban J connectivity index is 2.21. The maximum atomic E-state index is 12.6. The summed E-state index contributed by atoms with van der Waals surface area (Å²) in [6.45, 7) is 1.61. The van der Waals surface area contributed by atoms with E-state index < -0.39 is 5.24 Å². The summed E-state index contributed by atoms with van der Waals surface area (Å²) in [6, 6.07) is 0.154. The van der Waals surface area contributed by atoms with E-state index in [1.54, 1.807) is 11.5 Å². The molecule has 106 valence electrons. The average molecular weight is 295 g/mol. The Kier molecular flexibility index (Phi) is 3.38. The van der Waals surface area contributed by atoms with Gasteiger partial charge in [0.1, 0.15) is 17.5 Å². The van der Waals surface area contributed by atoms with Crippen LogP contribution in [0.25, 0.3) is 11.1 Å². The van der Waals surface area contributed by atoms with Crippen molar-refractivity contribution in [3.8, 4) is 0 Å². The number of aryl methyl sites for hydroxylation is 1. The van der Waals surface area contributed by atoms with E-state index in [1.165, 1.54) is 12.7 Å². The molecule has 1 saturated carbocycles. The predicted molar refractivity (Wildman–Crippen MR) is 75.3 cm³/mol. The van der Waals surface area contributed by atoms with Gasteiger partial charge in [0, 0.05) is 6.04 Å². The molecule has 0 saturated heterocycles. The molecule has 0 radical (unpaired) electrons. The second kappa shape index (κ2) is 5.05. The van der Waals surface area contributed by atoms with Crippen LogP contribution in [-0.2, 0) is 0 Å². The second-order valence-electron chi connectivity index (χ2n) is 5.24. The van der Waals surface area contributed by atoms with Crippen molar-refractivity contribution in [2.75, 3.05) is 0 Å². The molecule has 0 atom stereocenters. The lowest BCUT2D eigenvalue weighted by Crippen LogP contribution is -2.27. The van der Waals surface area contributed by atoms with Gasteiger partial charge >= 0.3 is 0 Å². The molecule has 5 nitrogen and oxygen atoms in total. The summed E-state index contributed by atoms with van der Waals surface area (Å²) >= 11 is 5.56. The summed E-state index contributed by atoms with van der Waals surface area (Å²) in [5.74, 6) is 0.339. The summed E-state index contributed by atoms with van der Waals surface area (Å²) in [6.07, 6.45) is 6.88. The average Bonchev–Trinajstić information content (AvgIpc) is 2.77. The Hall–Kier alpha value is -1.62. The Morgan fingerprint density at radius 1 is 1.40 bits per heavy atom. The summed E-state index contributed by atoms with van der Waals surface area (Å²) < 4.78 is 6.98. The lowest BCUT2D eigenvalue weighted by Gasteiger charge is -2.23. The topological polar surface area (TPSA) is 65.1 Å². The van der Waals surface area contributed by atoms with Crippen LogP contribution in [0.4, 0.5) is 0 Å². The zero-order chi connectivity index (χ0) is 14.3. The molecule has 0 spiro atoms. The maximum absolute atomic E-state index is 12.6. The van der Waals surface area contributed by atoms with Crippen LogP contribution in [0.15, 0.2) is 15.5 Å². The number of carbonyl (C=O) groups excluding carboxylic acids is 1. The highest BCUT2D eigenvalue weighted by Gasteiger charge is 2.24. The zero-order valence-corrected chi connectivity index (χ0v) is 11.9. The van der Waals surface area contributed by atoms with E-state index in [0.717, 1.165) is 25.7 Å². The summed E-state index contributed by atoms with van der Waals surface area (Å²) in [5.41, 5.74) is 0.0932. The number of rotatable bonds is 2. The minimum Gasteiger partial charge on any atom is -0.442 e. The van der Waals surface area contributed by atoms with Crippen LogP contribution in [0.2, 0.25) is 0 Å². The van der Waals surface area contributed by atoms with Gasteiger partial charge < -0.3 is 4.42 Å². The highest BCUT2D eigenvalue weighted by Crippen LogP contribution is 2.28. The fourth-order valence-electron chi connectivity index (χ4n) is 2.97. The summed E-state index contributed by atoms with van der Waals surface area (Å²) in [7, 11) is 0. The number of halogens is 1. The van der Waals surface area contributed by atoms with Gasteiger partial charge in [-0.05, 0) is 31.4 Å². The highest BCUT2D eigenvalue weighted by molar-refractivity contribution is 6.68. The number of furan rings is 1. The Labute approximate surface area is 120 Å². The first-order chi connectivity index (χ1) is 9.59. The molecule has 6 heteroatoms. The monoisotopic (exact) mass is 294 g/mol. The molecule has 0 N–H and O–H groups in total. The molecular formula is C14H15ClN2O3. The second-order valence-corrected chi connectivity index (χ2v) is 5.58. The highest BCUT2D eigenvalue weighted by atomic mass is 35.5. The van der Waals surface area contributed by atoms with Crippen LogP contribution in [0.5, 0.6) is 0 Å². The molecule has 2 heterocycles. The van der Waals surface area contributed by atoms with E-state index in [1.807, 2.05) is 0 Å². The van der Waals surface area contributed by atoms with Crippen molar-refractivity contribution in [3.63, 3.8) is 0 Å². The quantitative estimate of drug-likeness (QED) is 0.798. The fourth-order valence-corrected chi connectivity index (χ4v) is 3.20. The van der Waals surface area contributed by atoms with Crippen molar-refractivity contribution in [1.82, 2.24) is 9.55 Å². The molecule has 3 rings (SSSR count). The van der Waals surface area contributed by atoms with Gasteiger partial charge in [-0.25, -0.2) is 4.98 Å². The van der Waals surface area contributed by atoms with Crippen LogP contribution in [-0.4, -0.2) is 14.8 Å². The first kappa shape index (κ1) is 13.4. The minimum atomic E-state index is -0.679. The van der Waals surface area contributed by atoms with Crippen molar-refractivity contribution >= 4 is 27.9 Å². The van der Waals surface area contributed by atoms with Crippen LogP contribution >= 0.6 is 11.6 Å². The van der Waals surface area contributed by atoms with Gasteiger partial charge in [-0.2, -0.15) is 0 Å². The SMILES string of the molecule is Cc1oc2ncn(C3CCCCC3)c(=O)c2c1C(=O)Cl. The zero-order valence-electron chi connectivity index (χ0n) is 11.2. The van der Waals surface area contributed by atoms with E-state index in [9.17, 15) is 9.59 Å². The normalized spacial score (nSPS) is 16.7. The molecule has 1 fully saturated rings. The fraction of sp³-hybridized carbons (Fsp3) is 0.500. The Morgan fingerprint density at radius 3 is 2.75 bits per heavy atom. The lowest BCUT2D eigenvalue weighted by molar-refractivity contribution is 0.108. The number of carbonyl (C=O) groups is 1. The van der Waals surface area contributed by atoms with Crippen molar-refractivity contribution in [1.29, 1.82) is 0 Å². The maximum Gasteiger partial charge on any atom is 0.265 e. The molecule has 2 aromatic rings. The van der Waals surface area contributed by atoms with Crippen molar-refractivity contribution in [2.45, 2.75) is 45.1 Å². The van der Waals surface area contributed by atoms with Gasteiger partial charge in [0.25, 0.3) is 10.8 Å².